The SMILES string of the molecule is CCC(CC)CN(CC)C(=O)C1CCC(C(=O)O)O1. The second-order valence-corrected chi connectivity index (χ2v) is 5.09. The Morgan fingerprint density at radius 3 is 2.21 bits per heavy atom. The average Bonchev–Trinajstić information content (AvgIpc) is 2.89. The summed E-state index contributed by atoms with van der Waals surface area (Å²) in [7, 11) is 0. The molecule has 110 valence electrons. The van der Waals surface area contributed by atoms with Crippen LogP contribution in [0.1, 0.15) is 46.5 Å². The summed E-state index contributed by atoms with van der Waals surface area (Å²) in [5.74, 6) is -0.530. The van der Waals surface area contributed by atoms with Gasteiger partial charge in [0.25, 0.3) is 5.91 Å². The molecule has 0 aromatic heterocycles. The van der Waals surface area contributed by atoms with E-state index in [0.717, 1.165) is 19.4 Å². The lowest BCUT2D eigenvalue weighted by atomic mass is 10.0. The molecule has 1 heterocycles. The van der Waals surface area contributed by atoms with Crippen molar-refractivity contribution in [1.82, 2.24) is 4.90 Å². The maximum Gasteiger partial charge on any atom is 0.332 e. The van der Waals surface area contributed by atoms with Crippen molar-refractivity contribution in [2.75, 3.05) is 13.1 Å². The number of hydrogen-bond acceptors (Lipinski definition) is 3. The van der Waals surface area contributed by atoms with E-state index in [1.54, 1.807) is 4.90 Å². The van der Waals surface area contributed by atoms with Gasteiger partial charge in [0.2, 0.25) is 0 Å². The summed E-state index contributed by atoms with van der Waals surface area (Å²) in [6.45, 7) is 7.58. The van der Waals surface area contributed by atoms with Gasteiger partial charge in [-0.25, -0.2) is 4.79 Å². The fourth-order valence-electron chi connectivity index (χ4n) is 2.44. The van der Waals surface area contributed by atoms with E-state index in [1.807, 2.05) is 6.92 Å². The lowest BCUT2D eigenvalue weighted by molar-refractivity contribution is -0.155. The summed E-state index contributed by atoms with van der Waals surface area (Å²) in [5.41, 5.74) is 0. The first-order valence-electron chi connectivity index (χ1n) is 7.20. The second kappa shape index (κ2) is 7.48. The number of aliphatic carboxylic acids is 1. The molecular formula is C14H25NO4. The fraction of sp³-hybridized carbons (Fsp3) is 0.857. The molecule has 1 fully saturated rings. The van der Waals surface area contributed by atoms with Crippen LogP contribution in [-0.2, 0) is 14.3 Å². The Bertz CT molecular complexity index is 315. The Balaban J connectivity index is 2.57. The van der Waals surface area contributed by atoms with E-state index in [9.17, 15) is 9.59 Å². The van der Waals surface area contributed by atoms with Gasteiger partial charge in [-0.3, -0.25) is 4.79 Å². The molecule has 0 bridgehead atoms. The minimum Gasteiger partial charge on any atom is -0.479 e. The number of rotatable bonds is 7. The first-order valence-corrected chi connectivity index (χ1v) is 7.20. The van der Waals surface area contributed by atoms with Crippen LogP contribution in [0.3, 0.4) is 0 Å². The van der Waals surface area contributed by atoms with Crippen LogP contribution >= 0.6 is 0 Å². The number of carbonyl (C=O) groups excluding carboxylic acids is 1. The van der Waals surface area contributed by atoms with Crippen LogP contribution < -0.4 is 0 Å². The maximum atomic E-state index is 12.3. The zero-order valence-electron chi connectivity index (χ0n) is 12.1. The van der Waals surface area contributed by atoms with Gasteiger partial charge in [-0.2, -0.15) is 0 Å². The lowest BCUT2D eigenvalue weighted by Crippen LogP contribution is -2.42. The Kier molecular flexibility index (Phi) is 6.28. The first kappa shape index (κ1) is 16.0. The summed E-state index contributed by atoms with van der Waals surface area (Å²) in [6.07, 6.45) is 1.63. The summed E-state index contributed by atoms with van der Waals surface area (Å²) in [5, 5.41) is 8.88. The number of carboxylic acid groups (broad SMARTS) is 1. The average molecular weight is 271 g/mol. The van der Waals surface area contributed by atoms with Crippen LogP contribution in [0.25, 0.3) is 0 Å². The molecule has 1 rings (SSSR count). The van der Waals surface area contributed by atoms with Gasteiger partial charge in [0.1, 0.15) is 6.10 Å². The predicted molar refractivity (Wildman–Crippen MR) is 71.9 cm³/mol. The molecule has 5 nitrogen and oxygen atoms in total. The third-order valence-corrected chi connectivity index (χ3v) is 3.90. The molecule has 0 radical (unpaired) electrons. The van der Waals surface area contributed by atoms with Crippen LogP contribution in [-0.4, -0.2) is 47.2 Å². The Hall–Kier alpha value is -1.10. The minimum atomic E-state index is -0.974. The van der Waals surface area contributed by atoms with Gasteiger partial charge in [0, 0.05) is 13.1 Å². The van der Waals surface area contributed by atoms with Gasteiger partial charge in [-0.1, -0.05) is 26.7 Å². The molecule has 0 aromatic carbocycles. The van der Waals surface area contributed by atoms with Gasteiger partial charge in [-0.15, -0.1) is 0 Å². The number of amides is 1. The first-order chi connectivity index (χ1) is 9.03. The highest BCUT2D eigenvalue weighted by atomic mass is 16.5. The van der Waals surface area contributed by atoms with E-state index in [2.05, 4.69) is 13.8 Å². The predicted octanol–water partition coefficient (Wildman–Crippen LogP) is 1.90. The molecule has 0 aromatic rings. The van der Waals surface area contributed by atoms with Crippen molar-refractivity contribution in [1.29, 1.82) is 0 Å². The van der Waals surface area contributed by atoms with E-state index in [-0.39, 0.29) is 5.91 Å². The number of nitrogens with zero attached hydrogens (tertiary/aromatic N) is 1. The fourth-order valence-corrected chi connectivity index (χ4v) is 2.44. The molecule has 1 amide bonds. The van der Waals surface area contributed by atoms with Gasteiger partial charge < -0.3 is 14.7 Å². The van der Waals surface area contributed by atoms with Crippen LogP contribution in [0.15, 0.2) is 0 Å². The molecule has 1 aliphatic heterocycles. The molecule has 1 saturated heterocycles. The van der Waals surface area contributed by atoms with Crippen LogP contribution in [0.2, 0.25) is 0 Å². The molecule has 2 atom stereocenters. The van der Waals surface area contributed by atoms with Crippen LogP contribution in [0.5, 0.6) is 0 Å². The third-order valence-electron chi connectivity index (χ3n) is 3.90. The van der Waals surface area contributed by atoms with Crippen molar-refractivity contribution < 1.29 is 19.4 Å². The monoisotopic (exact) mass is 271 g/mol. The smallest absolute Gasteiger partial charge is 0.332 e. The molecule has 1 N–H and O–H groups in total. The number of carboxylic acids is 1. The Morgan fingerprint density at radius 1 is 1.21 bits per heavy atom. The Labute approximate surface area is 114 Å². The van der Waals surface area contributed by atoms with Crippen molar-refractivity contribution in [2.45, 2.75) is 58.7 Å². The van der Waals surface area contributed by atoms with Crippen molar-refractivity contribution in [2.24, 2.45) is 5.92 Å². The quantitative estimate of drug-likeness (QED) is 0.768. The highest BCUT2D eigenvalue weighted by Gasteiger charge is 2.36. The van der Waals surface area contributed by atoms with E-state index in [0.29, 0.717) is 25.3 Å². The largest absolute Gasteiger partial charge is 0.479 e. The van der Waals surface area contributed by atoms with Crippen molar-refractivity contribution in [3.05, 3.63) is 0 Å². The Morgan fingerprint density at radius 2 is 1.79 bits per heavy atom. The summed E-state index contributed by atoms with van der Waals surface area (Å²) in [4.78, 5) is 24.9. The highest BCUT2D eigenvalue weighted by molar-refractivity contribution is 5.82. The second-order valence-electron chi connectivity index (χ2n) is 5.09. The van der Waals surface area contributed by atoms with E-state index in [1.165, 1.54) is 0 Å². The summed E-state index contributed by atoms with van der Waals surface area (Å²) < 4.78 is 5.33. The van der Waals surface area contributed by atoms with E-state index in [4.69, 9.17) is 9.84 Å². The van der Waals surface area contributed by atoms with Crippen molar-refractivity contribution in [3.63, 3.8) is 0 Å². The summed E-state index contributed by atoms with van der Waals surface area (Å²) >= 11 is 0. The van der Waals surface area contributed by atoms with Crippen LogP contribution in [0, 0.1) is 5.92 Å². The topological polar surface area (TPSA) is 66.8 Å². The number of likely N-dealkylation sites (N-methyl/N-ethyl adjacent to an activating group) is 1. The lowest BCUT2D eigenvalue weighted by Gasteiger charge is -2.27. The molecule has 19 heavy (non-hydrogen) atoms. The molecule has 0 spiro atoms. The van der Waals surface area contributed by atoms with E-state index < -0.39 is 18.2 Å². The van der Waals surface area contributed by atoms with Crippen molar-refractivity contribution >= 4 is 11.9 Å². The van der Waals surface area contributed by atoms with E-state index >= 15 is 0 Å². The molecule has 0 aliphatic carbocycles. The van der Waals surface area contributed by atoms with Crippen molar-refractivity contribution in [3.8, 4) is 0 Å². The summed E-state index contributed by atoms with van der Waals surface area (Å²) in [6, 6.07) is 0. The molecule has 0 saturated carbocycles. The molecule has 2 unspecified atom stereocenters. The zero-order valence-corrected chi connectivity index (χ0v) is 12.1. The third kappa shape index (κ3) is 4.20. The van der Waals surface area contributed by atoms with Gasteiger partial charge in [0.15, 0.2) is 6.10 Å². The molecule has 1 aliphatic rings. The standard InChI is InChI=1S/C14H25NO4/c1-4-10(5-2)9-15(6-3)13(16)11-7-8-12(19-11)14(17)18/h10-12H,4-9H2,1-3H3,(H,17,18). The minimum absolute atomic E-state index is 0.0573. The number of hydrogen-bond donors (Lipinski definition) is 1. The van der Waals surface area contributed by atoms with Crippen LogP contribution in [0.4, 0.5) is 0 Å². The number of ether oxygens (including phenoxy) is 1. The molecule has 5 heteroatoms. The highest BCUT2D eigenvalue weighted by Crippen LogP contribution is 2.22. The normalized spacial score (nSPS) is 22.7. The zero-order chi connectivity index (χ0) is 14.4. The van der Waals surface area contributed by atoms with Gasteiger partial charge in [-0.05, 0) is 25.7 Å². The van der Waals surface area contributed by atoms with Gasteiger partial charge >= 0.3 is 5.97 Å². The molecular weight excluding hydrogens is 246 g/mol. The van der Waals surface area contributed by atoms with Gasteiger partial charge in [0.05, 0.1) is 0 Å². The maximum absolute atomic E-state index is 12.3. The number of carbonyl (C=O) groups is 2.